The highest BCUT2D eigenvalue weighted by molar-refractivity contribution is 6.33. The first-order valence-electron chi connectivity index (χ1n) is 11.1. The van der Waals surface area contributed by atoms with E-state index in [9.17, 15) is 9.59 Å². The van der Waals surface area contributed by atoms with Crippen LogP contribution in [0.25, 0.3) is 0 Å². The maximum atomic E-state index is 13.5. The lowest BCUT2D eigenvalue weighted by Crippen LogP contribution is -2.44. The summed E-state index contributed by atoms with van der Waals surface area (Å²) in [5.74, 6) is 0.275. The Kier molecular flexibility index (Phi) is 6.72. The SMILES string of the molecule is CNC(=O)c1ccc(Cc2cc3c(c(Cl)c2C)OC[C@@H](C)N(C[C@@H]2CCCO2)C3=O)cc1. The molecular formula is C25H29ClN2O4. The Morgan fingerprint density at radius 3 is 2.69 bits per heavy atom. The van der Waals surface area contributed by atoms with Crippen LogP contribution in [0.4, 0.5) is 0 Å². The van der Waals surface area contributed by atoms with E-state index in [0.717, 1.165) is 36.1 Å². The lowest BCUT2D eigenvalue weighted by atomic mass is 9.96. The normalized spacial score (nSPS) is 20.5. The number of rotatable bonds is 5. The molecule has 6 nitrogen and oxygen atoms in total. The minimum Gasteiger partial charge on any atom is -0.489 e. The number of amides is 2. The number of carbonyl (C=O) groups is 2. The van der Waals surface area contributed by atoms with E-state index in [1.165, 1.54) is 0 Å². The summed E-state index contributed by atoms with van der Waals surface area (Å²) in [5.41, 5.74) is 4.00. The van der Waals surface area contributed by atoms with Crippen molar-refractivity contribution in [3.8, 4) is 5.75 Å². The van der Waals surface area contributed by atoms with Crippen molar-refractivity contribution in [2.24, 2.45) is 0 Å². The van der Waals surface area contributed by atoms with Crippen LogP contribution in [0, 0.1) is 6.92 Å². The molecule has 2 aliphatic heterocycles. The molecule has 2 heterocycles. The molecule has 2 aliphatic rings. The van der Waals surface area contributed by atoms with Gasteiger partial charge in [0, 0.05) is 25.8 Å². The molecule has 2 aromatic rings. The average Bonchev–Trinajstić information content (AvgIpc) is 3.28. The average molecular weight is 457 g/mol. The zero-order valence-corrected chi connectivity index (χ0v) is 19.5. The van der Waals surface area contributed by atoms with Gasteiger partial charge in [-0.25, -0.2) is 0 Å². The monoisotopic (exact) mass is 456 g/mol. The van der Waals surface area contributed by atoms with Gasteiger partial charge >= 0.3 is 0 Å². The molecule has 0 radical (unpaired) electrons. The second-order valence-electron chi connectivity index (χ2n) is 8.56. The zero-order chi connectivity index (χ0) is 22.8. The summed E-state index contributed by atoms with van der Waals surface area (Å²) < 4.78 is 11.8. The molecule has 32 heavy (non-hydrogen) atoms. The predicted octanol–water partition coefficient (Wildman–Crippen LogP) is 4.00. The van der Waals surface area contributed by atoms with Gasteiger partial charge in [-0.1, -0.05) is 23.7 Å². The quantitative estimate of drug-likeness (QED) is 0.738. The lowest BCUT2D eigenvalue weighted by Gasteiger charge is -2.28. The standard InChI is InChI=1S/C25H29ClN2O4/c1-15-14-32-23-21(25(30)28(15)13-20-5-4-10-31-20)12-19(16(2)22(23)26)11-17-6-8-18(9-7-17)24(29)27-3/h6-9,12,15,20H,4-5,10-11,13-14H2,1-3H3,(H,27,29)/t15-,20+/m1/s1. The molecule has 7 heteroatoms. The number of carbonyl (C=O) groups excluding carboxylic acids is 2. The molecule has 0 bridgehead atoms. The molecular weight excluding hydrogens is 428 g/mol. The van der Waals surface area contributed by atoms with Crippen LogP contribution < -0.4 is 10.1 Å². The largest absolute Gasteiger partial charge is 0.489 e. The lowest BCUT2D eigenvalue weighted by molar-refractivity contribution is 0.0406. The zero-order valence-electron chi connectivity index (χ0n) is 18.7. The first-order chi connectivity index (χ1) is 15.4. The first-order valence-corrected chi connectivity index (χ1v) is 11.4. The second-order valence-corrected chi connectivity index (χ2v) is 8.93. The molecule has 2 amide bonds. The molecule has 2 aromatic carbocycles. The highest BCUT2D eigenvalue weighted by Crippen LogP contribution is 2.38. The molecule has 2 atom stereocenters. The van der Waals surface area contributed by atoms with Crippen molar-refractivity contribution in [2.45, 2.75) is 45.3 Å². The van der Waals surface area contributed by atoms with Gasteiger partial charge in [-0.2, -0.15) is 0 Å². The Hall–Kier alpha value is -2.57. The fraction of sp³-hybridized carbons (Fsp3) is 0.440. The van der Waals surface area contributed by atoms with Crippen LogP contribution in [-0.2, 0) is 11.2 Å². The topological polar surface area (TPSA) is 67.9 Å². The van der Waals surface area contributed by atoms with Gasteiger partial charge in [0.1, 0.15) is 6.61 Å². The van der Waals surface area contributed by atoms with E-state index in [-0.39, 0.29) is 24.0 Å². The van der Waals surface area contributed by atoms with Crippen molar-refractivity contribution in [1.82, 2.24) is 10.2 Å². The van der Waals surface area contributed by atoms with Crippen molar-refractivity contribution in [3.05, 3.63) is 63.2 Å². The van der Waals surface area contributed by atoms with Crippen LogP contribution in [-0.4, -0.2) is 55.7 Å². The Labute approximate surface area is 193 Å². The molecule has 0 spiro atoms. The maximum absolute atomic E-state index is 13.5. The minimum atomic E-state index is -0.121. The molecule has 0 unspecified atom stereocenters. The predicted molar refractivity (Wildman–Crippen MR) is 124 cm³/mol. The van der Waals surface area contributed by atoms with Crippen molar-refractivity contribution >= 4 is 23.4 Å². The summed E-state index contributed by atoms with van der Waals surface area (Å²) in [7, 11) is 1.61. The molecule has 0 aromatic heterocycles. The van der Waals surface area contributed by atoms with Crippen LogP contribution in [0.15, 0.2) is 30.3 Å². The number of nitrogens with zero attached hydrogens (tertiary/aromatic N) is 1. The molecule has 170 valence electrons. The number of fused-ring (bicyclic) bond motifs is 1. The number of benzene rings is 2. The summed E-state index contributed by atoms with van der Waals surface area (Å²) >= 11 is 6.70. The molecule has 1 fully saturated rings. The van der Waals surface area contributed by atoms with E-state index in [4.69, 9.17) is 21.1 Å². The number of nitrogens with one attached hydrogen (secondary N) is 1. The second kappa shape index (κ2) is 9.51. The summed E-state index contributed by atoms with van der Waals surface area (Å²) in [4.78, 5) is 27.2. The van der Waals surface area contributed by atoms with Crippen LogP contribution >= 0.6 is 11.6 Å². The number of hydrogen-bond acceptors (Lipinski definition) is 4. The highest BCUT2D eigenvalue weighted by Gasteiger charge is 2.33. The minimum absolute atomic E-state index is 0.0707. The van der Waals surface area contributed by atoms with Gasteiger partial charge in [-0.05, 0) is 68.0 Å². The summed E-state index contributed by atoms with van der Waals surface area (Å²) in [6, 6.07) is 9.28. The van der Waals surface area contributed by atoms with E-state index in [2.05, 4.69) is 5.32 Å². The fourth-order valence-electron chi connectivity index (χ4n) is 4.32. The van der Waals surface area contributed by atoms with Crippen LogP contribution in [0.5, 0.6) is 5.75 Å². The summed E-state index contributed by atoms with van der Waals surface area (Å²) in [6.07, 6.45) is 2.67. The van der Waals surface area contributed by atoms with E-state index >= 15 is 0 Å². The Balaban J connectivity index is 1.64. The molecule has 0 saturated carbocycles. The van der Waals surface area contributed by atoms with Gasteiger partial charge < -0.3 is 19.7 Å². The van der Waals surface area contributed by atoms with E-state index in [1.807, 2.05) is 36.9 Å². The Morgan fingerprint density at radius 1 is 1.28 bits per heavy atom. The summed E-state index contributed by atoms with van der Waals surface area (Å²) in [5, 5.41) is 3.11. The molecule has 1 saturated heterocycles. The van der Waals surface area contributed by atoms with Crippen LogP contribution in [0.3, 0.4) is 0 Å². The third-order valence-electron chi connectivity index (χ3n) is 6.33. The summed E-state index contributed by atoms with van der Waals surface area (Å²) in [6.45, 7) is 5.65. The third-order valence-corrected chi connectivity index (χ3v) is 6.78. The van der Waals surface area contributed by atoms with Crippen molar-refractivity contribution in [2.75, 3.05) is 26.8 Å². The molecule has 4 rings (SSSR count). The van der Waals surface area contributed by atoms with Crippen LogP contribution in [0.1, 0.15) is 57.2 Å². The number of hydrogen-bond donors (Lipinski definition) is 1. The Bertz CT molecular complexity index is 1020. The van der Waals surface area contributed by atoms with Crippen molar-refractivity contribution in [1.29, 1.82) is 0 Å². The number of ether oxygens (including phenoxy) is 2. The number of halogens is 1. The van der Waals surface area contributed by atoms with E-state index in [0.29, 0.717) is 41.5 Å². The van der Waals surface area contributed by atoms with E-state index in [1.54, 1.807) is 19.2 Å². The third kappa shape index (κ3) is 4.48. The van der Waals surface area contributed by atoms with Gasteiger partial charge in [0.15, 0.2) is 5.75 Å². The maximum Gasteiger partial charge on any atom is 0.258 e. The first kappa shape index (κ1) is 22.6. The van der Waals surface area contributed by atoms with Crippen LogP contribution in [0.2, 0.25) is 5.02 Å². The van der Waals surface area contributed by atoms with Crippen molar-refractivity contribution in [3.63, 3.8) is 0 Å². The molecule has 0 aliphatic carbocycles. The van der Waals surface area contributed by atoms with Gasteiger partial charge in [0.05, 0.1) is 22.7 Å². The van der Waals surface area contributed by atoms with E-state index < -0.39 is 0 Å². The van der Waals surface area contributed by atoms with Gasteiger partial charge in [0.25, 0.3) is 11.8 Å². The van der Waals surface area contributed by atoms with Gasteiger partial charge in [-0.15, -0.1) is 0 Å². The fourth-order valence-corrected chi connectivity index (χ4v) is 4.60. The Morgan fingerprint density at radius 2 is 2.03 bits per heavy atom. The van der Waals surface area contributed by atoms with Gasteiger partial charge in [0.2, 0.25) is 0 Å². The molecule has 1 N–H and O–H groups in total. The smallest absolute Gasteiger partial charge is 0.258 e. The van der Waals surface area contributed by atoms with Crippen molar-refractivity contribution < 1.29 is 19.1 Å². The van der Waals surface area contributed by atoms with Gasteiger partial charge in [-0.3, -0.25) is 9.59 Å². The highest BCUT2D eigenvalue weighted by atomic mass is 35.5.